The van der Waals surface area contributed by atoms with Crippen molar-refractivity contribution < 1.29 is 4.74 Å². The van der Waals surface area contributed by atoms with Crippen LogP contribution in [0, 0.1) is 0 Å². The summed E-state index contributed by atoms with van der Waals surface area (Å²) < 4.78 is 5.41. The Kier molecular flexibility index (Phi) is 3.38. The van der Waals surface area contributed by atoms with Gasteiger partial charge < -0.3 is 10.5 Å². The van der Waals surface area contributed by atoms with Crippen molar-refractivity contribution in [3.8, 4) is 0 Å². The number of hydrogen-bond acceptors (Lipinski definition) is 4. The fourth-order valence-electron chi connectivity index (χ4n) is 1.78. The van der Waals surface area contributed by atoms with Gasteiger partial charge in [0.1, 0.15) is 11.1 Å². The summed E-state index contributed by atoms with van der Waals surface area (Å²) in [6.07, 6.45) is 3.67. The van der Waals surface area contributed by atoms with Gasteiger partial charge in [-0.15, -0.1) is 11.3 Å². The topological polar surface area (TPSA) is 48.1 Å². The van der Waals surface area contributed by atoms with Crippen LogP contribution in [-0.4, -0.2) is 12.1 Å². The molecule has 84 valence electrons. The van der Waals surface area contributed by atoms with Crippen LogP contribution in [0.15, 0.2) is 0 Å². The first kappa shape index (κ1) is 11.0. The average molecular weight is 226 g/mol. The Balaban J connectivity index is 2.24. The number of thiazole rings is 1. The summed E-state index contributed by atoms with van der Waals surface area (Å²) in [5.41, 5.74) is 6.99. The highest BCUT2D eigenvalue weighted by Gasteiger charge is 2.30. The van der Waals surface area contributed by atoms with Gasteiger partial charge in [0.25, 0.3) is 0 Å². The molecule has 15 heavy (non-hydrogen) atoms. The maximum Gasteiger partial charge on any atom is 0.122 e. The highest BCUT2D eigenvalue weighted by Crippen LogP contribution is 2.43. The van der Waals surface area contributed by atoms with Gasteiger partial charge in [0.15, 0.2) is 0 Å². The fourth-order valence-corrected chi connectivity index (χ4v) is 2.98. The van der Waals surface area contributed by atoms with E-state index in [1.165, 1.54) is 23.4 Å². The molecule has 1 aromatic rings. The number of methoxy groups -OCH3 is 1. The number of rotatable bonds is 5. The summed E-state index contributed by atoms with van der Waals surface area (Å²) in [5, 5.41) is 1.10. The second-order valence-electron chi connectivity index (χ2n) is 3.97. The lowest BCUT2D eigenvalue weighted by molar-refractivity contribution is 0.0996. The largest absolute Gasteiger partial charge is 0.374 e. The monoisotopic (exact) mass is 226 g/mol. The fraction of sp³-hybridized carbons (Fsp3) is 0.727. The molecule has 1 fully saturated rings. The molecule has 1 atom stereocenters. The Bertz CT molecular complexity index is 329. The van der Waals surface area contributed by atoms with Gasteiger partial charge in [-0.2, -0.15) is 0 Å². The highest BCUT2D eigenvalue weighted by molar-refractivity contribution is 7.11. The Morgan fingerprint density at radius 2 is 2.33 bits per heavy atom. The minimum Gasteiger partial charge on any atom is -0.374 e. The van der Waals surface area contributed by atoms with Gasteiger partial charge in [0, 0.05) is 24.4 Å². The molecule has 1 heterocycles. The van der Waals surface area contributed by atoms with Crippen molar-refractivity contribution in [3.05, 3.63) is 15.6 Å². The van der Waals surface area contributed by atoms with Crippen molar-refractivity contribution in [3.63, 3.8) is 0 Å². The maximum atomic E-state index is 5.74. The number of nitrogens with two attached hydrogens (primary N) is 1. The second kappa shape index (κ2) is 4.60. The van der Waals surface area contributed by atoms with E-state index in [2.05, 4.69) is 6.92 Å². The van der Waals surface area contributed by atoms with Crippen LogP contribution in [0.3, 0.4) is 0 Å². The first-order valence-electron chi connectivity index (χ1n) is 5.52. The van der Waals surface area contributed by atoms with Gasteiger partial charge in [-0.05, 0) is 19.3 Å². The third kappa shape index (κ3) is 2.22. The minimum atomic E-state index is 0.146. The van der Waals surface area contributed by atoms with Crippen molar-refractivity contribution in [1.29, 1.82) is 0 Å². The molecule has 0 aliphatic heterocycles. The molecule has 2 N–H and O–H groups in total. The third-order valence-corrected chi connectivity index (χ3v) is 4.01. The molecule has 1 aromatic heterocycles. The molecule has 0 spiro atoms. The van der Waals surface area contributed by atoms with Crippen molar-refractivity contribution in [2.45, 2.75) is 44.8 Å². The molecule has 0 amide bonds. The molecular weight excluding hydrogens is 208 g/mol. The van der Waals surface area contributed by atoms with Gasteiger partial charge >= 0.3 is 0 Å². The first-order chi connectivity index (χ1) is 7.30. The zero-order valence-electron chi connectivity index (χ0n) is 9.32. The number of hydrogen-bond donors (Lipinski definition) is 1. The van der Waals surface area contributed by atoms with E-state index in [1.807, 2.05) is 0 Å². The third-order valence-electron chi connectivity index (χ3n) is 2.82. The van der Waals surface area contributed by atoms with Crippen LogP contribution in [0.4, 0.5) is 0 Å². The second-order valence-corrected chi connectivity index (χ2v) is 5.09. The lowest BCUT2D eigenvalue weighted by Gasteiger charge is -2.08. The molecule has 0 radical (unpaired) electrons. The van der Waals surface area contributed by atoms with Crippen molar-refractivity contribution >= 4 is 11.3 Å². The minimum absolute atomic E-state index is 0.146. The van der Waals surface area contributed by atoms with E-state index in [0.29, 0.717) is 12.5 Å². The molecule has 2 rings (SSSR count). The molecule has 0 aromatic carbocycles. The zero-order chi connectivity index (χ0) is 10.8. The number of aromatic nitrogens is 1. The van der Waals surface area contributed by atoms with Gasteiger partial charge in [-0.3, -0.25) is 0 Å². The molecule has 4 heteroatoms. The Labute approximate surface area is 94.7 Å². The molecule has 1 aliphatic carbocycles. The summed E-state index contributed by atoms with van der Waals surface area (Å²) >= 11 is 1.72. The van der Waals surface area contributed by atoms with Crippen LogP contribution in [0.25, 0.3) is 0 Å². The predicted molar refractivity (Wildman–Crippen MR) is 62.0 cm³/mol. The van der Waals surface area contributed by atoms with Gasteiger partial charge in [0.2, 0.25) is 0 Å². The molecule has 1 unspecified atom stereocenters. The van der Waals surface area contributed by atoms with Gasteiger partial charge in [-0.25, -0.2) is 4.98 Å². The zero-order valence-corrected chi connectivity index (χ0v) is 10.1. The Morgan fingerprint density at radius 3 is 2.80 bits per heavy atom. The van der Waals surface area contributed by atoms with E-state index in [0.717, 1.165) is 11.4 Å². The lowest BCUT2D eigenvalue weighted by Crippen LogP contribution is -1.99. The van der Waals surface area contributed by atoms with E-state index in [1.54, 1.807) is 18.4 Å². The van der Waals surface area contributed by atoms with Crippen LogP contribution in [0.5, 0.6) is 0 Å². The van der Waals surface area contributed by atoms with E-state index in [9.17, 15) is 0 Å². The van der Waals surface area contributed by atoms with E-state index in [-0.39, 0.29) is 6.10 Å². The summed E-state index contributed by atoms with van der Waals surface area (Å²) in [7, 11) is 1.74. The van der Waals surface area contributed by atoms with Crippen LogP contribution >= 0.6 is 11.3 Å². The summed E-state index contributed by atoms with van der Waals surface area (Å²) in [6.45, 7) is 2.73. The van der Waals surface area contributed by atoms with Crippen molar-refractivity contribution in [2.24, 2.45) is 5.73 Å². The summed E-state index contributed by atoms with van der Waals surface area (Å²) in [5.74, 6) is 0.683. The van der Waals surface area contributed by atoms with E-state index < -0.39 is 0 Å². The standard InChI is InChI=1S/C11H18N2OS/c1-3-8(14-2)11-13-10(7-4-5-7)9(6-12)15-11/h7-8H,3-6,12H2,1-2H3. The Morgan fingerprint density at radius 1 is 1.60 bits per heavy atom. The summed E-state index contributed by atoms with van der Waals surface area (Å²) in [4.78, 5) is 5.95. The van der Waals surface area contributed by atoms with E-state index >= 15 is 0 Å². The van der Waals surface area contributed by atoms with Crippen LogP contribution in [0.2, 0.25) is 0 Å². The maximum absolute atomic E-state index is 5.74. The quantitative estimate of drug-likeness (QED) is 0.839. The first-order valence-corrected chi connectivity index (χ1v) is 6.34. The SMILES string of the molecule is CCC(OC)c1nc(C2CC2)c(CN)s1. The number of ether oxygens (including phenoxy) is 1. The molecular formula is C11H18N2OS. The normalized spacial score (nSPS) is 18.1. The van der Waals surface area contributed by atoms with Gasteiger partial charge in [-0.1, -0.05) is 6.92 Å². The van der Waals surface area contributed by atoms with Crippen molar-refractivity contribution in [2.75, 3.05) is 7.11 Å². The molecule has 0 bridgehead atoms. The number of nitrogens with zero attached hydrogens (tertiary/aromatic N) is 1. The van der Waals surface area contributed by atoms with Gasteiger partial charge in [0.05, 0.1) is 5.69 Å². The lowest BCUT2D eigenvalue weighted by atomic mass is 10.2. The van der Waals surface area contributed by atoms with Crippen molar-refractivity contribution in [1.82, 2.24) is 4.98 Å². The molecule has 1 aliphatic rings. The molecule has 0 saturated heterocycles. The highest BCUT2D eigenvalue weighted by atomic mass is 32.1. The molecule has 1 saturated carbocycles. The predicted octanol–water partition coefficient (Wildman–Crippen LogP) is 2.58. The van der Waals surface area contributed by atoms with Crippen LogP contribution in [-0.2, 0) is 11.3 Å². The summed E-state index contributed by atoms with van der Waals surface area (Å²) in [6, 6.07) is 0. The van der Waals surface area contributed by atoms with Crippen LogP contribution < -0.4 is 5.73 Å². The smallest absolute Gasteiger partial charge is 0.122 e. The Hall–Kier alpha value is -0.450. The van der Waals surface area contributed by atoms with Crippen LogP contribution in [0.1, 0.15) is 53.8 Å². The van der Waals surface area contributed by atoms with E-state index in [4.69, 9.17) is 15.5 Å². The average Bonchev–Trinajstić information content (AvgIpc) is 3.01. The molecule has 3 nitrogen and oxygen atoms in total.